The molecule has 0 fully saturated rings. The van der Waals surface area contributed by atoms with E-state index in [0.717, 1.165) is 20.6 Å². The Morgan fingerprint density at radius 3 is 2.24 bits per heavy atom. The van der Waals surface area contributed by atoms with Gasteiger partial charge in [0.1, 0.15) is 11.9 Å². The normalized spacial score (nSPS) is 12.3. The number of carbonyl (C=O) groups excluding carboxylic acids is 2. The summed E-state index contributed by atoms with van der Waals surface area (Å²) < 4.78 is 42.7. The maximum atomic E-state index is 14.8. The average molecular weight is 576 g/mol. The van der Waals surface area contributed by atoms with Gasteiger partial charge in [0.05, 0.1) is 11.4 Å². The van der Waals surface area contributed by atoms with E-state index in [9.17, 15) is 22.4 Å². The highest BCUT2D eigenvalue weighted by Gasteiger charge is 2.33. The van der Waals surface area contributed by atoms with Gasteiger partial charge in [-0.05, 0) is 41.0 Å². The fourth-order valence-electron chi connectivity index (χ4n) is 4.60. The summed E-state index contributed by atoms with van der Waals surface area (Å²) in [6.07, 6.45) is 0.871. The molecule has 1 N–H and O–H groups in total. The van der Waals surface area contributed by atoms with Crippen molar-refractivity contribution in [3.63, 3.8) is 0 Å². The zero-order valence-electron chi connectivity index (χ0n) is 23.2. The molecule has 0 spiro atoms. The van der Waals surface area contributed by atoms with Crippen LogP contribution in [0.1, 0.15) is 24.5 Å². The third-order valence-electron chi connectivity index (χ3n) is 6.91. The molecule has 0 heterocycles. The zero-order valence-corrected chi connectivity index (χ0v) is 24.0. The molecule has 4 aromatic carbocycles. The van der Waals surface area contributed by atoms with Gasteiger partial charge >= 0.3 is 0 Å². The fraction of sp³-hybridized carbons (Fsp3) is 0.250. The fourth-order valence-corrected chi connectivity index (χ4v) is 5.76. The quantitative estimate of drug-likeness (QED) is 0.264. The molecule has 9 heteroatoms. The summed E-state index contributed by atoms with van der Waals surface area (Å²) >= 11 is 0. The summed E-state index contributed by atoms with van der Waals surface area (Å²) in [7, 11) is -2.72. The van der Waals surface area contributed by atoms with Crippen molar-refractivity contribution < 1.29 is 22.4 Å². The Balaban J connectivity index is 1.67. The molecular formula is C32H34FN3O4S. The van der Waals surface area contributed by atoms with Gasteiger partial charge in [0.2, 0.25) is 21.8 Å². The van der Waals surface area contributed by atoms with Gasteiger partial charge in [-0.1, -0.05) is 85.8 Å². The van der Waals surface area contributed by atoms with Crippen LogP contribution in [-0.4, -0.2) is 55.6 Å². The Morgan fingerprint density at radius 2 is 1.54 bits per heavy atom. The molecule has 0 radical (unpaired) electrons. The first-order valence-electron chi connectivity index (χ1n) is 13.5. The van der Waals surface area contributed by atoms with Crippen molar-refractivity contribution in [2.45, 2.75) is 37.2 Å². The minimum Gasteiger partial charge on any atom is -0.354 e. The van der Waals surface area contributed by atoms with Gasteiger partial charge in [-0.15, -0.1) is 0 Å². The molecule has 0 aliphatic carbocycles. The molecule has 0 bridgehead atoms. The van der Waals surface area contributed by atoms with Crippen LogP contribution in [0.4, 0.5) is 4.39 Å². The van der Waals surface area contributed by atoms with Crippen LogP contribution in [0.5, 0.6) is 0 Å². The van der Waals surface area contributed by atoms with E-state index in [2.05, 4.69) is 5.32 Å². The second-order valence-corrected chi connectivity index (χ2v) is 11.9. The van der Waals surface area contributed by atoms with Gasteiger partial charge in [-0.3, -0.25) is 9.59 Å². The number of hydrogen-bond acceptors (Lipinski definition) is 4. The number of likely N-dealkylation sites (N-methyl/N-ethyl adjacent to an activating group) is 1. The highest BCUT2D eigenvalue weighted by atomic mass is 32.2. The molecule has 0 aromatic heterocycles. The lowest BCUT2D eigenvalue weighted by molar-refractivity contribution is -0.141. The maximum absolute atomic E-state index is 14.8. The van der Waals surface area contributed by atoms with E-state index >= 15 is 0 Å². The second kappa shape index (κ2) is 13.5. The second-order valence-electron chi connectivity index (χ2n) is 9.88. The van der Waals surface area contributed by atoms with Crippen molar-refractivity contribution in [3.8, 4) is 0 Å². The lowest BCUT2D eigenvalue weighted by Crippen LogP contribution is -2.53. The van der Waals surface area contributed by atoms with Crippen LogP contribution in [0, 0.1) is 5.82 Å². The van der Waals surface area contributed by atoms with Gasteiger partial charge < -0.3 is 10.2 Å². The monoisotopic (exact) mass is 575 g/mol. The standard InChI is InChI=1S/C32H34FN3O4S/c1-3-19-34-32(38)30(20-24-11-5-4-6-12-24)36(22-27-15-9-10-16-29(27)33)31(37)23-35(2)41(39,40)28-18-17-25-13-7-8-14-26(25)21-28/h4-18,21,30H,3,19-20,22-23H2,1-2H3,(H,34,38). The van der Waals surface area contributed by atoms with E-state index in [1.54, 1.807) is 30.3 Å². The number of hydrogen-bond donors (Lipinski definition) is 1. The maximum Gasteiger partial charge on any atom is 0.243 e. The molecule has 0 saturated heterocycles. The number of nitrogens with one attached hydrogen (secondary N) is 1. The SMILES string of the molecule is CCCNC(=O)C(Cc1ccccc1)N(Cc1ccccc1F)C(=O)CN(C)S(=O)(=O)c1ccc2ccccc2c1. The van der Waals surface area contributed by atoms with Crippen molar-refractivity contribution in [1.82, 2.24) is 14.5 Å². The van der Waals surface area contributed by atoms with Crippen molar-refractivity contribution in [1.29, 1.82) is 0 Å². The van der Waals surface area contributed by atoms with Crippen LogP contribution in [-0.2, 0) is 32.6 Å². The van der Waals surface area contributed by atoms with E-state index in [4.69, 9.17) is 0 Å². The predicted octanol–water partition coefficient (Wildman–Crippen LogP) is 4.77. The number of carbonyl (C=O) groups is 2. The predicted molar refractivity (Wildman–Crippen MR) is 158 cm³/mol. The molecule has 0 saturated carbocycles. The molecule has 1 unspecified atom stereocenters. The number of fused-ring (bicyclic) bond motifs is 1. The summed E-state index contributed by atoms with van der Waals surface area (Å²) in [6, 6.07) is 26.5. The van der Waals surface area contributed by atoms with Crippen LogP contribution >= 0.6 is 0 Å². The molecule has 2 amide bonds. The lowest BCUT2D eigenvalue weighted by atomic mass is 10.0. The summed E-state index contributed by atoms with van der Waals surface area (Å²) in [5.41, 5.74) is 1.04. The Bertz CT molecular complexity index is 1610. The van der Waals surface area contributed by atoms with E-state index in [1.807, 2.05) is 61.5 Å². The van der Waals surface area contributed by atoms with Crippen LogP contribution < -0.4 is 5.32 Å². The first-order chi connectivity index (χ1) is 19.7. The van der Waals surface area contributed by atoms with Crippen molar-refractivity contribution in [3.05, 3.63) is 114 Å². The van der Waals surface area contributed by atoms with Crippen LogP contribution in [0.15, 0.2) is 102 Å². The molecule has 0 aliphatic heterocycles. The third kappa shape index (κ3) is 7.36. The smallest absolute Gasteiger partial charge is 0.243 e. The number of nitrogens with zero attached hydrogens (tertiary/aromatic N) is 2. The molecule has 214 valence electrons. The van der Waals surface area contributed by atoms with Gasteiger partial charge in [0.25, 0.3) is 0 Å². The van der Waals surface area contributed by atoms with E-state index < -0.39 is 34.3 Å². The highest BCUT2D eigenvalue weighted by Crippen LogP contribution is 2.22. The molecule has 0 aliphatic rings. The molecule has 41 heavy (non-hydrogen) atoms. The Morgan fingerprint density at radius 1 is 0.878 bits per heavy atom. The molecule has 7 nitrogen and oxygen atoms in total. The molecule has 4 aromatic rings. The van der Waals surface area contributed by atoms with Gasteiger partial charge in [-0.25, -0.2) is 12.8 Å². The number of rotatable bonds is 12. The summed E-state index contributed by atoms with van der Waals surface area (Å²) in [5, 5.41) is 4.50. The van der Waals surface area contributed by atoms with Crippen LogP contribution in [0.2, 0.25) is 0 Å². The first kappa shape index (κ1) is 29.9. The van der Waals surface area contributed by atoms with E-state index in [-0.39, 0.29) is 29.3 Å². The van der Waals surface area contributed by atoms with E-state index in [1.165, 1.54) is 24.1 Å². The number of benzene rings is 4. The molecule has 4 rings (SSSR count). The Kier molecular flexibility index (Phi) is 9.86. The minimum absolute atomic E-state index is 0.0497. The highest BCUT2D eigenvalue weighted by molar-refractivity contribution is 7.89. The van der Waals surface area contributed by atoms with Gasteiger partial charge in [0, 0.05) is 32.1 Å². The van der Waals surface area contributed by atoms with Crippen molar-refractivity contribution in [2.75, 3.05) is 20.1 Å². The summed E-state index contributed by atoms with van der Waals surface area (Å²) in [6.45, 7) is 1.59. The third-order valence-corrected chi connectivity index (χ3v) is 8.71. The summed E-state index contributed by atoms with van der Waals surface area (Å²) in [5.74, 6) is -1.53. The van der Waals surface area contributed by atoms with Crippen molar-refractivity contribution >= 4 is 32.6 Å². The van der Waals surface area contributed by atoms with Gasteiger partial charge in [0.15, 0.2) is 0 Å². The first-order valence-corrected chi connectivity index (χ1v) is 14.9. The van der Waals surface area contributed by atoms with Gasteiger partial charge in [-0.2, -0.15) is 4.31 Å². The zero-order chi connectivity index (χ0) is 29.4. The minimum atomic E-state index is -4.05. The Hall–Kier alpha value is -4.08. The van der Waals surface area contributed by atoms with Crippen molar-refractivity contribution in [2.24, 2.45) is 0 Å². The van der Waals surface area contributed by atoms with E-state index in [0.29, 0.717) is 13.0 Å². The van der Waals surface area contributed by atoms with Crippen LogP contribution in [0.25, 0.3) is 10.8 Å². The summed E-state index contributed by atoms with van der Waals surface area (Å²) in [4.78, 5) is 28.6. The number of sulfonamides is 1. The lowest BCUT2D eigenvalue weighted by Gasteiger charge is -2.32. The largest absolute Gasteiger partial charge is 0.354 e. The molecule has 1 atom stereocenters. The molecular weight excluding hydrogens is 541 g/mol. The topological polar surface area (TPSA) is 86.8 Å². The number of halogens is 1. The number of amides is 2. The van der Waals surface area contributed by atoms with Crippen LogP contribution in [0.3, 0.4) is 0 Å². The average Bonchev–Trinajstić information content (AvgIpc) is 2.98. The Labute approximate surface area is 240 Å².